The highest BCUT2D eigenvalue weighted by molar-refractivity contribution is 7.12. The van der Waals surface area contributed by atoms with E-state index in [2.05, 4.69) is 10.2 Å². The number of benzene rings is 1. The molecule has 3 nitrogen and oxygen atoms in total. The van der Waals surface area contributed by atoms with Gasteiger partial charge in [0, 0.05) is 5.56 Å². The molecule has 0 spiro atoms. The van der Waals surface area contributed by atoms with Gasteiger partial charge in [0.15, 0.2) is 0 Å². The fourth-order valence-corrected chi connectivity index (χ4v) is 2.05. The van der Waals surface area contributed by atoms with E-state index in [1.165, 1.54) is 0 Å². The van der Waals surface area contributed by atoms with Crippen molar-refractivity contribution in [1.29, 1.82) is 0 Å². The number of H-pyrrole nitrogens is 1. The van der Waals surface area contributed by atoms with E-state index in [1.807, 2.05) is 19.1 Å². The van der Waals surface area contributed by atoms with Crippen molar-refractivity contribution < 1.29 is 0 Å². The molecular weight excluding hydrogens is 220 g/mol. The van der Waals surface area contributed by atoms with Crippen LogP contribution in [0, 0.1) is 6.92 Å². The van der Waals surface area contributed by atoms with Crippen LogP contribution < -0.4 is 4.87 Å². The molecule has 0 bridgehead atoms. The smallest absolute Gasteiger partial charge is 0.255 e. The van der Waals surface area contributed by atoms with Gasteiger partial charge in [-0.15, -0.1) is 0 Å². The molecule has 0 radical (unpaired) electrons. The van der Waals surface area contributed by atoms with Gasteiger partial charge in [0.2, 0.25) is 0 Å². The zero-order valence-corrected chi connectivity index (χ0v) is 8.95. The van der Waals surface area contributed by atoms with Crippen LogP contribution in [0.1, 0.15) is 5.56 Å². The largest absolute Gasteiger partial charge is 0.322 e. The average molecular weight is 227 g/mol. The molecular formula is C9H7ClN2OS. The summed E-state index contributed by atoms with van der Waals surface area (Å²) < 4.78 is 0. The van der Waals surface area contributed by atoms with Crippen LogP contribution in [0.4, 0.5) is 0 Å². The highest BCUT2D eigenvalue weighted by Crippen LogP contribution is 2.28. The second-order valence-electron chi connectivity index (χ2n) is 2.90. The molecule has 1 aromatic carbocycles. The van der Waals surface area contributed by atoms with Gasteiger partial charge >= 0.3 is 4.87 Å². The Balaban J connectivity index is 2.61. The van der Waals surface area contributed by atoms with Gasteiger partial charge in [0.25, 0.3) is 0 Å². The number of hydrogen-bond donors (Lipinski definition) is 1. The van der Waals surface area contributed by atoms with Crippen molar-refractivity contribution in [3.05, 3.63) is 38.5 Å². The van der Waals surface area contributed by atoms with Crippen LogP contribution in [0.2, 0.25) is 5.02 Å². The van der Waals surface area contributed by atoms with Gasteiger partial charge in [0.05, 0.1) is 5.02 Å². The number of aromatic amines is 1. The molecule has 2 aromatic rings. The summed E-state index contributed by atoms with van der Waals surface area (Å²) >= 11 is 7.05. The molecule has 0 atom stereocenters. The first-order chi connectivity index (χ1) is 6.66. The number of hydrogen-bond acceptors (Lipinski definition) is 3. The molecule has 0 unspecified atom stereocenters. The molecule has 14 heavy (non-hydrogen) atoms. The molecule has 0 saturated heterocycles. The van der Waals surface area contributed by atoms with E-state index in [0.29, 0.717) is 10.0 Å². The number of rotatable bonds is 1. The Hall–Kier alpha value is -1.13. The lowest BCUT2D eigenvalue weighted by molar-refractivity contribution is 1.06. The monoisotopic (exact) mass is 226 g/mol. The summed E-state index contributed by atoms with van der Waals surface area (Å²) in [6.07, 6.45) is 0. The normalized spacial score (nSPS) is 10.4. The van der Waals surface area contributed by atoms with Crippen molar-refractivity contribution in [2.24, 2.45) is 0 Å². The first kappa shape index (κ1) is 9.43. The van der Waals surface area contributed by atoms with Crippen LogP contribution in [-0.4, -0.2) is 10.2 Å². The summed E-state index contributed by atoms with van der Waals surface area (Å²) in [5, 5.41) is 7.49. The number of nitrogens with one attached hydrogen (secondary N) is 1. The van der Waals surface area contributed by atoms with E-state index in [9.17, 15) is 4.79 Å². The van der Waals surface area contributed by atoms with Crippen LogP contribution >= 0.6 is 22.9 Å². The summed E-state index contributed by atoms with van der Waals surface area (Å²) in [7, 11) is 0. The summed E-state index contributed by atoms with van der Waals surface area (Å²) in [4.78, 5) is 10.7. The van der Waals surface area contributed by atoms with Gasteiger partial charge in [-0.25, -0.2) is 5.10 Å². The van der Waals surface area contributed by atoms with E-state index in [1.54, 1.807) is 6.07 Å². The van der Waals surface area contributed by atoms with E-state index >= 15 is 0 Å². The molecule has 0 aliphatic heterocycles. The predicted molar refractivity (Wildman–Crippen MR) is 57.9 cm³/mol. The van der Waals surface area contributed by atoms with Crippen molar-refractivity contribution in [1.82, 2.24) is 10.2 Å². The molecule has 0 fully saturated rings. The Morgan fingerprint density at radius 3 is 2.93 bits per heavy atom. The molecule has 2 rings (SSSR count). The highest BCUT2D eigenvalue weighted by atomic mass is 35.5. The molecule has 0 aliphatic rings. The third kappa shape index (κ3) is 1.71. The van der Waals surface area contributed by atoms with Crippen LogP contribution in [-0.2, 0) is 0 Å². The first-order valence-corrected chi connectivity index (χ1v) is 5.18. The highest BCUT2D eigenvalue weighted by Gasteiger charge is 2.07. The zero-order chi connectivity index (χ0) is 10.1. The predicted octanol–water partition coefficient (Wildman–Crippen LogP) is 2.46. The minimum absolute atomic E-state index is 0.169. The van der Waals surface area contributed by atoms with Crippen molar-refractivity contribution in [3.63, 3.8) is 0 Å². The maximum absolute atomic E-state index is 10.9. The van der Waals surface area contributed by atoms with Gasteiger partial charge in [-0.05, 0) is 19.1 Å². The topological polar surface area (TPSA) is 45.8 Å². The zero-order valence-electron chi connectivity index (χ0n) is 7.37. The lowest BCUT2D eigenvalue weighted by Gasteiger charge is -2.00. The lowest BCUT2D eigenvalue weighted by atomic mass is 10.1. The number of aryl methyl sites for hydroxylation is 1. The molecule has 0 aliphatic carbocycles. The van der Waals surface area contributed by atoms with E-state index < -0.39 is 0 Å². The van der Waals surface area contributed by atoms with E-state index in [0.717, 1.165) is 22.5 Å². The Morgan fingerprint density at radius 2 is 2.29 bits per heavy atom. The van der Waals surface area contributed by atoms with Crippen LogP contribution in [0.5, 0.6) is 0 Å². The summed E-state index contributed by atoms with van der Waals surface area (Å²) in [6.45, 7) is 1.97. The van der Waals surface area contributed by atoms with Crippen molar-refractivity contribution in [2.75, 3.05) is 0 Å². The third-order valence-corrected chi connectivity index (χ3v) is 2.90. The average Bonchev–Trinajstić information content (AvgIpc) is 2.56. The van der Waals surface area contributed by atoms with Gasteiger partial charge in [0.1, 0.15) is 5.01 Å². The van der Waals surface area contributed by atoms with Gasteiger partial charge in [-0.2, -0.15) is 5.10 Å². The van der Waals surface area contributed by atoms with Crippen LogP contribution in [0.3, 0.4) is 0 Å². The van der Waals surface area contributed by atoms with E-state index in [-0.39, 0.29) is 4.87 Å². The SMILES string of the molecule is Cc1ccc(Cl)c(-c2n[nH]c(=O)s2)c1. The second kappa shape index (κ2) is 3.55. The summed E-state index contributed by atoms with van der Waals surface area (Å²) in [5.74, 6) is 0. The summed E-state index contributed by atoms with van der Waals surface area (Å²) in [5.41, 5.74) is 1.89. The molecule has 1 aromatic heterocycles. The molecule has 0 saturated carbocycles. The minimum Gasteiger partial charge on any atom is -0.255 e. The Labute approximate surface area is 89.4 Å². The minimum atomic E-state index is -0.169. The number of halogens is 1. The number of aromatic nitrogens is 2. The Morgan fingerprint density at radius 1 is 1.50 bits per heavy atom. The molecule has 0 amide bonds. The van der Waals surface area contributed by atoms with Crippen LogP contribution in [0.25, 0.3) is 10.6 Å². The van der Waals surface area contributed by atoms with Crippen molar-refractivity contribution >= 4 is 22.9 Å². The van der Waals surface area contributed by atoms with Gasteiger partial charge in [-0.3, -0.25) is 4.79 Å². The fourth-order valence-electron chi connectivity index (χ4n) is 1.15. The third-order valence-electron chi connectivity index (χ3n) is 1.79. The van der Waals surface area contributed by atoms with Crippen LogP contribution in [0.15, 0.2) is 23.0 Å². The second-order valence-corrected chi connectivity index (χ2v) is 4.27. The molecule has 1 N–H and O–H groups in total. The first-order valence-electron chi connectivity index (χ1n) is 3.99. The Bertz CT molecular complexity index is 518. The van der Waals surface area contributed by atoms with Crippen molar-refractivity contribution in [2.45, 2.75) is 6.92 Å². The van der Waals surface area contributed by atoms with Gasteiger partial charge in [-0.1, -0.05) is 34.6 Å². The fraction of sp³-hybridized carbons (Fsp3) is 0.111. The summed E-state index contributed by atoms with van der Waals surface area (Å²) in [6, 6.07) is 5.63. The maximum Gasteiger partial charge on any atom is 0.322 e. The number of nitrogens with zero attached hydrogens (tertiary/aromatic N) is 1. The molecule has 1 heterocycles. The standard InChI is InChI=1S/C9H7ClN2OS/c1-5-2-3-7(10)6(4-5)8-11-12-9(13)14-8/h2-4H,1H3,(H,12,13). The maximum atomic E-state index is 10.9. The van der Waals surface area contributed by atoms with Crippen molar-refractivity contribution in [3.8, 4) is 10.6 Å². The lowest BCUT2D eigenvalue weighted by Crippen LogP contribution is -1.90. The molecule has 5 heteroatoms. The van der Waals surface area contributed by atoms with E-state index in [4.69, 9.17) is 11.6 Å². The molecule has 72 valence electrons. The quantitative estimate of drug-likeness (QED) is 0.812. The van der Waals surface area contributed by atoms with Gasteiger partial charge < -0.3 is 0 Å². The Kier molecular flexibility index (Phi) is 2.39.